The molecule has 0 N–H and O–H groups in total. The molecular weight excluding hydrogens is 350 g/mol. The number of carbonyl (C=O) groups is 1. The molecule has 4 rings (SSSR count). The quantitative estimate of drug-likeness (QED) is 0.701. The van der Waals surface area contributed by atoms with Crippen molar-refractivity contribution in [2.75, 3.05) is 32.7 Å². The molecule has 6 heteroatoms. The third kappa shape index (κ3) is 3.64. The van der Waals surface area contributed by atoms with Gasteiger partial charge in [-0.25, -0.2) is 4.98 Å². The molecule has 0 saturated carbocycles. The van der Waals surface area contributed by atoms with Crippen molar-refractivity contribution >= 4 is 16.9 Å². The summed E-state index contributed by atoms with van der Waals surface area (Å²) >= 11 is 0. The molecule has 3 heterocycles. The molecule has 6 nitrogen and oxygen atoms in total. The molecule has 0 atom stereocenters. The number of pyridine rings is 1. The van der Waals surface area contributed by atoms with Crippen molar-refractivity contribution in [3.05, 3.63) is 58.9 Å². The number of fused-ring (bicyclic) bond motifs is 1. The van der Waals surface area contributed by atoms with Gasteiger partial charge in [-0.1, -0.05) is 30.3 Å². The fourth-order valence-electron chi connectivity index (χ4n) is 4.02. The normalized spacial score (nSPS) is 15.3. The van der Waals surface area contributed by atoms with E-state index in [-0.39, 0.29) is 5.91 Å². The summed E-state index contributed by atoms with van der Waals surface area (Å²) in [7, 11) is 1.88. The van der Waals surface area contributed by atoms with Gasteiger partial charge in [0.1, 0.15) is 0 Å². The van der Waals surface area contributed by atoms with Crippen molar-refractivity contribution in [1.82, 2.24) is 24.6 Å². The topological polar surface area (TPSA) is 54.3 Å². The highest BCUT2D eigenvalue weighted by atomic mass is 16.2. The third-order valence-electron chi connectivity index (χ3n) is 5.55. The molecule has 0 bridgehead atoms. The Hall–Kier alpha value is -2.73. The average molecular weight is 377 g/mol. The molecular formula is C22H27N5O. The van der Waals surface area contributed by atoms with Gasteiger partial charge >= 0.3 is 0 Å². The molecule has 1 fully saturated rings. The van der Waals surface area contributed by atoms with E-state index in [1.54, 1.807) is 4.68 Å². The Labute approximate surface area is 165 Å². The van der Waals surface area contributed by atoms with E-state index in [1.165, 1.54) is 5.56 Å². The number of aromatic nitrogens is 3. The number of benzene rings is 1. The van der Waals surface area contributed by atoms with Crippen LogP contribution in [0.5, 0.6) is 0 Å². The lowest BCUT2D eigenvalue weighted by molar-refractivity contribution is 0.0640. The lowest BCUT2D eigenvalue weighted by Crippen LogP contribution is -2.49. The Bertz CT molecular complexity index is 987. The standard InChI is InChI=1S/C22H27N5O/c1-16-15-19(20-17(2)24-25(3)21(20)23-16)22(28)27-13-11-26(12-14-27)10-9-18-7-5-4-6-8-18/h4-8,15H,9-14H2,1-3H3. The van der Waals surface area contributed by atoms with Gasteiger partial charge in [0.05, 0.1) is 16.6 Å². The molecule has 0 aliphatic carbocycles. The number of hydrogen-bond donors (Lipinski definition) is 0. The number of rotatable bonds is 4. The minimum Gasteiger partial charge on any atom is -0.336 e. The van der Waals surface area contributed by atoms with Crippen LogP contribution in [0.4, 0.5) is 0 Å². The minimum absolute atomic E-state index is 0.0920. The summed E-state index contributed by atoms with van der Waals surface area (Å²) in [5.74, 6) is 0.0920. The Morgan fingerprint density at radius 2 is 1.79 bits per heavy atom. The highest BCUT2D eigenvalue weighted by molar-refractivity contribution is 6.06. The van der Waals surface area contributed by atoms with Crippen molar-refractivity contribution in [3.8, 4) is 0 Å². The first-order valence-electron chi connectivity index (χ1n) is 9.89. The highest BCUT2D eigenvalue weighted by Gasteiger charge is 2.25. The minimum atomic E-state index is 0.0920. The van der Waals surface area contributed by atoms with Crippen LogP contribution >= 0.6 is 0 Å². The van der Waals surface area contributed by atoms with Gasteiger partial charge in [-0.15, -0.1) is 0 Å². The van der Waals surface area contributed by atoms with Gasteiger partial charge in [-0.05, 0) is 31.9 Å². The van der Waals surface area contributed by atoms with Gasteiger partial charge in [-0.2, -0.15) is 5.10 Å². The summed E-state index contributed by atoms with van der Waals surface area (Å²) in [5.41, 5.74) is 4.58. The Morgan fingerprint density at radius 3 is 2.50 bits per heavy atom. The molecule has 1 amide bonds. The van der Waals surface area contributed by atoms with Gasteiger partial charge in [0, 0.05) is 45.5 Å². The second kappa shape index (κ2) is 7.72. The molecule has 1 saturated heterocycles. The SMILES string of the molecule is Cc1cc(C(=O)N2CCN(CCc3ccccc3)CC2)c2c(C)nn(C)c2n1. The molecule has 28 heavy (non-hydrogen) atoms. The first kappa shape index (κ1) is 18.6. The van der Waals surface area contributed by atoms with Gasteiger partial charge < -0.3 is 4.90 Å². The largest absolute Gasteiger partial charge is 0.336 e. The molecule has 146 valence electrons. The van der Waals surface area contributed by atoms with Gasteiger partial charge in [0.2, 0.25) is 0 Å². The van der Waals surface area contributed by atoms with E-state index in [0.29, 0.717) is 0 Å². The molecule has 2 aromatic heterocycles. The van der Waals surface area contributed by atoms with Crippen LogP contribution in [0.25, 0.3) is 11.0 Å². The van der Waals surface area contributed by atoms with Crippen LogP contribution in [0.1, 0.15) is 27.3 Å². The maximum absolute atomic E-state index is 13.3. The second-order valence-corrected chi connectivity index (χ2v) is 7.59. The summed E-state index contributed by atoms with van der Waals surface area (Å²) < 4.78 is 1.76. The maximum atomic E-state index is 13.3. The lowest BCUT2D eigenvalue weighted by Gasteiger charge is -2.35. The fourth-order valence-corrected chi connectivity index (χ4v) is 4.02. The number of hydrogen-bond acceptors (Lipinski definition) is 4. The van der Waals surface area contributed by atoms with E-state index in [9.17, 15) is 4.79 Å². The van der Waals surface area contributed by atoms with Gasteiger partial charge in [0.25, 0.3) is 5.91 Å². The van der Waals surface area contributed by atoms with E-state index in [0.717, 1.165) is 67.1 Å². The monoisotopic (exact) mass is 377 g/mol. The van der Waals surface area contributed by atoms with Gasteiger partial charge in [-0.3, -0.25) is 14.4 Å². The summed E-state index contributed by atoms with van der Waals surface area (Å²) in [5, 5.41) is 5.34. The first-order chi connectivity index (χ1) is 13.5. The number of aryl methyl sites for hydroxylation is 3. The van der Waals surface area contributed by atoms with Crippen LogP contribution in [0.2, 0.25) is 0 Å². The van der Waals surface area contributed by atoms with Crippen molar-refractivity contribution in [1.29, 1.82) is 0 Å². The smallest absolute Gasteiger partial charge is 0.254 e. The van der Waals surface area contributed by atoms with Crippen LogP contribution in [-0.2, 0) is 13.5 Å². The molecule has 0 radical (unpaired) electrons. The first-order valence-corrected chi connectivity index (χ1v) is 9.89. The predicted molar refractivity (Wildman–Crippen MR) is 110 cm³/mol. The van der Waals surface area contributed by atoms with E-state index in [2.05, 4.69) is 45.3 Å². The van der Waals surface area contributed by atoms with E-state index in [1.807, 2.05) is 31.9 Å². The molecule has 1 aromatic carbocycles. The maximum Gasteiger partial charge on any atom is 0.254 e. The Kier molecular flexibility index (Phi) is 5.13. The zero-order chi connectivity index (χ0) is 19.7. The van der Waals surface area contributed by atoms with Crippen molar-refractivity contribution < 1.29 is 4.79 Å². The van der Waals surface area contributed by atoms with E-state index < -0.39 is 0 Å². The van der Waals surface area contributed by atoms with Gasteiger partial charge in [0.15, 0.2) is 5.65 Å². The van der Waals surface area contributed by atoms with Crippen LogP contribution in [0.3, 0.4) is 0 Å². The van der Waals surface area contributed by atoms with E-state index >= 15 is 0 Å². The van der Waals surface area contributed by atoms with Crippen LogP contribution in [0, 0.1) is 13.8 Å². The van der Waals surface area contributed by atoms with E-state index in [4.69, 9.17) is 0 Å². The Balaban J connectivity index is 1.44. The molecule has 1 aliphatic rings. The zero-order valence-corrected chi connectivity index (χ0v) is 16.9. The molecule has 3 aromatic rings. The fraction of sp³-hybridized carbons (Fsp3) is 0.409. The number of carbonyl (C=O) groups excluding carboxylic acids is 1. The zero-order valence-electron chi connectivity index (χ0n) is 16.9. The summed E-state index contributed by atoms with van der Waals surface area (Å²) in [4.78, 5) is 22.2. The summed E-state index contributed by atoms with van der Waals surface area (Å²) in [6.45, 7) is 8.26. The van der Waals surface area contributed by atoms with Crippen LogP contribution < -0.4 is 0 Å². The second-order valence-electron chi connectivity index (χ2n) is 7.59. The highest BCUT2D eigenvalue weighted by Crippen LogP contribution is 2.23. The molecule has 0 unspecified atom stereocenters. The average Bonchev–Trinajstić information content (AvgIpc) is 3.00. The number of piperazine rings is 1. The van der Waals surface area contributed by atoms with Crippen LogP contribution in [0.15, 0.2) is 36.4 Å². The number of amides is 1. The lowest BCUT2D eigenvalue weighted by atomic mass is 10.1. The third-order valence-corrected chi connectivity index (χ3v) is 5.55. The summed E-state index contributed by atoms with van der Waals surface area (Å²) in [6.07, 6.45) is 1.05. The number of nitrogens with zero attached hydrogens (tertiary/aromatic N) is 5. The summed E-state index contributed by atoms with van der Waals surface area (Å²) in [6, 6.07) is 12.5. The Morgan fingerprint density at radius 1 is 1.07 bits per heavy atom. The molecule has 0 spiro atoms. The van der Waals surface area contributed by atoms with Crippen LogP contribution in [-0.4, -0.2) is 63.2 Å². The van der Waals surface area contributed by atoms with Crippen molar-refractivity contribution in [2.24, 2.45) is 7.05 Å². The predicted octanol–water partition coefficient (Wildman–Crippen LogP) is 2.59. The van der Waals surface area contributed by atoms with Crippen molar-refractivity contribution in [2.45, 2.75) is 20.3 Å². The molecule has 1 aliphatic heterocycles. The van der Waals surface area contributed by atoms with Crippen molar-refractivity contribution in [3.63, 3.8) is 0 Å².